The van der Waals surface area contributed by atoms with E-state index in [2.05, 4.69) is 42.7 Å². The van der Waals surface area contributed by atoms with E-state index in [1.54, 1.807) is 12.1 Å². The van der Waals surface area contributed by atoms with Crippen LogP contribution < -0.4 is 5.32 Å². The van der Waals surface area contributed by atoms with E-state index >= 15 is 0 Å². The van der Waals surface area contributed by atoms with Gasteiger partial charge < -0.3 is 9.88 Å². The molecule has 1 aromatic carbocycles. The third kappa shape index (κ3) is 3.21. The fourth-order valence-corrected chi connectivity index (χ4v) is 3.13. The van der Waals surface area contributed by atoms with E-state index in [9.17, 15) is 10.1 Å². The first-order valence-corrected chi connectivity index (χ1v) is 8.32. The average Bonchev–Trinajstić information content (AvgIpc) is 2.73. The van der Waals surface area contributed by atoms with Crippen LogP contribution in [0.5, 0.6) is 0 Å². The minimum Gasteiger partial charge on any atom is -0.372 e. The van der Waals surface area contributed by atoms with E-state index < -0.39 is 0 Å². The van der Waals surface area contributed by atoms with Crippen LogP contribution in [0.15, 0.2) is 18.2 Å². The van der Waals surface area contributed by atoms with Crippen LogP contribution in [0.4, 0.5) is 11.4 Å². The molecule has 0 saturated carbocycles. The summed E-state index contributed by atoms with van der Waals surface area (Å²) in [4.78, 5) is 10.8. The first kappa shape index (κ1) is 15.2. The minimum atomic E-state index is -0.366. The molecule has 0 atom stereocenters. The number of hydrogen-bond acceptors (Lipinski definition) is 5. The van der Waals surface area contributed by atoms with Gasteiger partial charge in [-0.3, -0.25) is 10.1 Å². The summed E-state index contributed by atoms with van der Waals surface area (Å²) in [6.07, 6.45) is 4.44. The van der Waals surface area contributed by atoms with Gasteiger partial charge in [-0.15, -0.1) is 10.2 Å². The molecule has 22 heavy (non-hydrogen) atoms. The molecule has 0 aliphatic carbocycles. The van der Waals surface area contributed by atoms with Crippen LogP contribution in [0.3, 0.4) is 0 Å². The lowest BCUT2D eigenvalue weighted by molar-refractivity contribution is -0.384. The van der Waals surface area contributed by atoms with Crippen molar-refractivity contribution < 1.29 is 4.92 Å². The lowest BCUT2D eigenvalue weighted by Crippen LogP contribution is -2.11. The topological polar surface area (TPSA) is 85.9 Å². The van der Waals surface area contributed by atoms with Crippen molar-refractivity contribution in [3.05, 3.63) is 43.5 Å². The fourth-order valence-electron chi connectivity index (χ4n) is 2.66. The van der Waals surface area contributed by atoms with Gasteiger partial charge in [0.25, 0.3) is 5.69 Å². The number of nitro groups is 1. The van der Waals surface area contributed by atoms with E-state index in [1.165, 1.54) is 6.42 Å². The lowest BCUT2D eigenvalue weighted by atomic mass is 10.2. The molecule has 1 aliphatic rings. The van der Waals surface area contributed by atoms with Crippen LogP contribution in [0.2, 0.25) is 0 Å². The summed E-state index contributed by atoms with van der Waals surface area (Å²) in [5.41, 5.74) is 0.596. The third-order valence-corrected chi connectivity index (χ3v) is 4.45. The van der Waals surface area contributed by atoms with Gasteiger partial charge in [-0.2, -0.15) is 0 Å². The standard InChI is InChI=1S/C14H16IN5O2/c15-10-5-6-11(12(8-10)20(21)22)16-9-14-18-17-13-4-2-1-3-7-19(13)14/h5-6,8,16H,1-4,7,9H2. The zero-order chi connectivity index (χ0) is 15.5. The summed E-state index contributed by atoms with van der Waals surface area (Å²) in [6.45, 7) is 1.36. The van der Waals surface area contributed by atoms with Gasteiger partial charge >= 0.3 is 0 Å². The summed E-state index contributed by atoms with van der Waals surface area (Å²) in [5.74, 6) is 1.86. The number of nitrogens with zero attached hydrogens (tertiary/aromatic N) is 4. The van der Waals surface area contributed by atoms with E-state index in [1.807, 2.05) is 6.07 Å². The monoisotopic (exact) mass is 413 g/mol. The molecule has 116 valence electrons. The molecule has 1 aliphatic heterocycles. The quantitative estimate of drug-likeness (QED) is 0.473. The molecule has 8 heteroatoms. The summed E-state index contributed by atoms with van der Waals surface area (Å²) in [7, 11) is 0. The van der Waals surface area contributed by atoms with Crippen LogP contribution in [0.25, 0.3) is 0 Å². The number of fused-ring (bicyclic) bond motifs is 1. The molecule has 0 amide bonds. The first-order chi connectivity index (χ1) is 10.6. The van der Waals surface area contributed by atoms with Crippen molar-refractivity contribution >= 4 is 34.0 Å². The number of aryl methyl sites for hydroxylation is 1. The second-order valence-electron chi connectivity index (χ2n) is 5.27. The number of hydrogen-bond donors (Lipinski definition) is 1. The fraction of sp³-hybridized carbons (Fsp3) is 0.429. The van der Waals surface area contributed by atoms with Crippen LogP contribution in [-0.4, -0.2) is 19.7 Å². The van der Waals surface area contributed by atoms with E-state index in [-0.39, 0.29) is 10.6 Å². The van der Waals surface area contributed by atoms with Gasteiger partial charge in [0.1, 0.15) is 11.5 Å². The number of halogens is 1. The molecule has 7 nitrogen and oxygen atoms in total. The lowest BCUT2D eigenvalue weighted by Gasteiger charge is -2.09. The Labute approximate surface area is 141 Å². The van der Waals surface area contributed by atoms with Crippen molar-refractivity contribution in [1.29, 1.82) is 0 Å². The summed E-state index contributed by atoms with van der Waals surface area (Å²) >= 11 is 2.07. The molecular weight excluding hydrogens is 397 g/mol. The third-order valence-electron chi connectivity index (χ3n) is 3.78. The van der Waals surface area contributed by atoms with Crippen molar-refractivity contribution in [3.63, 3.8) is 0 Å². The zero-order valence-electron chi connectivity index (χ0n) is 12.0. The maximum Gasteiger partial charge on any atom is 0.293 e. The molecule has 1 N–H and O–H groups in total. The SMILES string of the molecule is O=[N+]([O-])c1cc(I)ccc1NCc1nnc2n1CCCCC2. The van der Waals surface area contributed by atoms with Gasteiger partial charge in [-0.05, 0) is 47.6 Å². The van der Waals surface area contributed by atoms with Crippen LogP contribution in [0, 0.1) is 13.7 Å². The Hall–Kier alpha value is -1.71. The number of anilines is 1. The molecule has 2 aromatic rings. The summed E-state index contributed by atoms with van der Waals surface area (Å²) < 4.78 is 2.98. The number of nitro benzene ring substituents is 1. The normalized spacial score (nSPS) is 14.2. The first-order valence-electron chi connectivity index (χ1n) is 7.24. The highest BCUT2D eigenvalue weighted by atomic mass is 127. The maximum absolute atomic E-state index is 11.1. The smallest absolute Gasteiger partial charge is 0.293 e. The Bertz CT molecular complexity index is 701. The number of aromatic nitrogens is 3. The van der Waals surface area contributed by atoms with Gasteiger partial charge in [-0.25, -0.2) is 0 Å². The van der Waals surface area contributed by atoms with Crippen LogP contribution in [-0.2, 0) is 19.5 Å². The highest BCUT2D eigenvalue weighted by molar-refractivity contribution is 14.1. The zero-order valence-corrected chi connectivity index (χ0v) is 14.1. The Morgan fingerprint density at radius 2 is 2.18 bits per heavy atom. The van der Waals surface area contributed by atoms with Crippen LogP contribution >= 0.6 is 22.6 Å². The predicted molar refractivity (Wildman–Crippen MR) is 90.7 cm³/mol. The molecule has 3 rings (SSSR count). The maximum atomic E-state index is 11.1. The molecule has 0 radical (unpaired) electrons. The van der Waals surface area contributed by atoms with E-state index in [4.69, 9.17) is 0 Å². The van der Waals surface area contributed by atoms with E-state index in [0.717, 1.165) is 41.0 Å². The molecule has 0 unspecified atom stereocenters. The highest BCUT2D eigenvalue weighted by Crippen LogP contribution is 2.26. The summed E-state index contributed by atoms with van der Waals surface area (Å²) in [6, 6.07) is 5.15. The van der Waals surface area contributed by atoms with Gasteiger partial charge in [0.05, 0.1) is 11.5 Å². The van der Waals surface area contributed by atoms with Gasteiger partial charge in [0, 0.05) is 22.6 Å². The Kier molecular flexibility index (Phi) is 4.55. The van der Waals surface area contributed by atoms with Gasteiger partial charge in [0.2, 0.25) is 0 Å². The largest absolute Gasteiger partial charge is 0.372 e. The van der Waals surface area contributed by atoms with Crippen molar-refractivity contribution in [1.82, 2.24) is 14.8 Å². The average molecular weight is 413 g/mol. The van der Waals surface area contributed by atoms with Gasteiger partial charge in [0.15, 0.2) is 5.82 Å². The number of benzene rings is 1. The van der Waals surface area contributed by atoms with Crippen molar-refractivity contribution in [2.24, 2.45) is 0 Å². The number of nitrogens with one attached hydrogen (secondary N) is 1. The van der Waals surface area contributed by atoms with Gasteiger partial charge in [-0.1, -0.05) is 6.42 Å². The highest BCUT2D eigenvalue weighted by Gasteiger charge is 2.17. The molecule has 1 aromatic heterocycles. The van der Waals surface area contributed by atoms with Crippen LogP contribution in [0.1, 0.15) is 30.9 Å². The second kappa shape index (κ2) is 6.59. The van der Waals surface area contributed by atoms with E-state index in [0.29, 0.717) is 12.2 Å². The molecule has 0 saturated heterocycles. The molecule has 0 spiro atoms. The molecular formula is C14H16IN5O2. The minimum absolute atomic E-state index is 0.0857. The predicted octanol–water partition coefficient (Wildman–Crippen LogP) is 3.13. The second-order valence-corrected chi connectivity index (χ2v) is 6.51. The van der Waals surface area contributed by atoms with Crippen molar-refractivity contribution in [2.45, 2.75) is 38.8 Å². The van der Waals surface area contributed by atoms with Crippen molar-refractivity contribution in [2.75, 3.05) is 5.32 Å². The Balaban J connectivity index is 1.79. The molecule has 0 bridgehead atoms. The Morgan fingerprint density at radius 1 is 1.32 bits per heavy atom. The summed E-state index contributed by atoms with van der Waals surface area (Å²) in [5, 5.41) is 22.7. The Morgan fingerprint density at radius 3 is 3.00 bits per heavy atom. The molecule has 0 fully saturated rings. The van der Waals surface area contributed by atoms with Crippen molar-refractivity contribution in [3.8, 4) is 0 Å². The molecule has 2 heterocycles. The number of rotatable bonds is 4.